The summed E-state index contributed by atoms with van der Waals surface area (Å²) in [6.45, 7) is 2.05. The Hall–Kier alpha value is -3.52. The molecule has 174 valence electrons. The standard InChI is InChI=1S/C26H23BrN2O5/c1-14-4-6-15(7-5-14)19-13-20-18-12-16(27)8-10-21(18)34-25(29(20)28-19)17-9-11-22(32-2)24(33-3)23(17)26(30)31/h4-12,20,25H,13H2,1-3H3,(H,30,31). The van der Waals surface area contributed by atoms with E-state index in [1.54, 1.807) is 12.1 Å². The number of aryl methyl sites for hydroxylation is 1. The van der Waals surface area contributed by atoms with Gasteiger partial charge in [0.1, 0.15) is 11.3 Å². The summed E-state index contributed by atoms with van der Waals surface area (Å²) in [5.41, 5.74) is 4.55. The lowest BCUT2D eigenvalue weighted by Crippen LogP contribution is -2.34. The molecule has 3 aromatic rings. The van der Waals surface area contributed by atoms with E-state index in [1.165, 1.54) is 19.8 Å². The van der Waals surface area contributed by atoms with Gasteiger partial charge in [-0.05, 0) is 42.8 Å². The number of carboxylic acid groups (broad SMARTS) is 1. The fraction of sp³-hybridized carbons (Fsp3) is 0.231. The number of rotatable bonds is 5. The van der Waals surface area contributed by atoms with Crippen LogP contribution >= 0.6 is 15.9 Å². The number of nitrogens with zero attached hydrogens (tertiary/aromatic N) is 2. The van der Waals surface area contributed by atoms with Crippen LogP contribution in [-0.2, 0) is 0 Å². The largest absolute Gasteiger partial charge is 0.493 e. The summed E-state index contributed by atoms with van der Waals surface area (Å²) in [7, 11) is 2.90. The SMILES string of the molecule is COc1ccc(C2Oc3ccc(Br)cc3C3CC(c4ccc(C)cc4)=NN32)c(C(=O)O)c1OC. The maximum Gasteiger partial charge on any atom is 0.340 e. The minimum Gasteiger partial charge on any atom is -0.493 e. The highest BCUT2D eigenvalue weighted by Crippen LogP contribution is 2.50. The normalized spacial score (nSPS) is 18.5. The van der Waals surface area contributed by atoms with Gasteiger partial charge in [-0.15, -0.1) is 0 Å². The minimum absolute atomic E-state index is 0.00912. The van der Waals surface area contributed by atoms with Gasteiger partial charge in [0.05, 0.1) is 26.0 Å². The van der Waals surface area contributed by atoms with E-state index in [4.69, 9.17) is 19.3 Å². The molecule has 34 heavy (non-hydrogen) atoms. The molecule has 0 fully saturated rings. The molecule has 2 aliphatic rings. The van der Waals surface area contributed by atoms with Gasteiger partial charge in [-0.2, -0.15) is 5.10 Å². The number of methoxy groups -OCH3 is 2. The van der Waals surface area contributed by atoms with Gasteiger partial charge in [0.25, 0.3) is 0 Å². The van der Waals surface area contributed by atoms with Crippen molar-refractivity contribution in [3.8, 4) is 17.2 Å². The Bertz CT molecular complexity index is 1310. The Balaban J connectivity index is 1.67. The Kier molecular flexibility index (Phi) is 5.69. The van der Waals surface area contributed by atoms with Crippen LogP contribution < -0.4 is 14.2 Å². The van der Waals surface area contributed by atoms with Gasteiger partial charge in [-0.25, -0.2) is 9.80 Å². The summed E-state index contributed by atoms with van der Waals surface area (Å²) in [5, 5.41) is 16.9. The summed E-state index contributed by atoms with van der Waals surface area (Å²) in [6, 6.07) is 17.4. The zero-order valence-corrected chi connectivity index (χ0v) is 20.5. The van der Waals surface area contributed by atoms with E-state index in [9.17, 15) is 9.90 Å². The van der Waals surface area contributed by atoms with E-state index in [0.717, 1.165) is 21.3 Å². The minimum atomic E-state index is -1.13. The van der Waals surface area contributed by atoms with Crippen LogP contribution in [0.15, 0.2) is 64.2 Å². The van der Waals surface area contributed by atoms with Crippen molar-refractivity contribution in [2.75, 3.05) is 14.2 Å². The number of ether oxygens (including phenoxy) is 3. The Morgan fingerprint density at radius 1 is 1.09 bits per heavy atom. The molecule has 0 amide bonds. The summed E-state index contributed by atoms with van der Waals surface area (Å²) in [4.78, 5) is 12.4. The lowest BCUT2D eigenvalue weighted by molar-refractivity contribution is -0.0199. The van der Waals surface area contributed by atoms with Gasteiger partial charge in [0.15, 0.2) is 11.5 Å². The molecule has 0 saturated heterocycles. The third-order valence-corrected chi connectivity index (χ3v) is 6.69. The highest BCUT2D eigenvalue weighted by atomic mass is 79.9. The fourth-order valence-corrected chi connectivity index (χ4v) is 4.93. The van der Waals surface area contributed by atoms with E-state index in [-0.39, 0.29) is 17.4 Å². The van der Waals surface area contributed by atoms with Crippen molar-refractivity contribution in [1.82, 2.24) is 5.01 Å². The van der Waals surface area contributed by atoms with E-state index >= 15 is 0 Å². The van der Waals surface area contributed by atoms with E-state index in [1.807, 2.05) is 30.1 Å². The highest BCUT2D eigenvalue weighted by molar-refractivity contribution is 9.10. The van der Waals surface area contributed by atoms with Gasteiger partial charge in [0, 0.05) is 22.0 Å². The van der Waals surface area contributed by atoms with Crippen molar-refractivity contribution in [2.24, 2.45) is 5.10 Å². The van der Waals surface area contributed by atoms with E-state index < -0.39 is 12.2 Å². The molecule has 2 atom stereocenters. The summed E-state index contributed by atoms with van der Waals surface area (Å²) in [6.07, 6.45) is -0.0882. The van der Waals surface area contributed by atoms with Gasteiger partial charge in [0.2, 0.25) is 6.23 Å². The smallest absolute Gasteiger partial charge is 0.340 e. The molecular formula is C26H23BrN2O5. The zero-order valence-electron chi connectivity index (χ0n) is 18.9. The lowest BCUT2D eigenvalue weighted by Gasteiger charge is -2.38. The molecule has 2 heterocycles. The first-order valence-electron chi connectivity index (χ1n) is 10.8. The van der Waals surface area contributed by atoms with Crippen LogP contribution in [0.5, 0.6) is 17.2 Å². The number of hydrogen-bond acceptors (Lipinski definition) is 6. The molecule has 2 aliphatic heterocycles. The summed E-state index contributed by atoms with van der Waals surface area (Å²) >= 11 is 3.56. The monoisotopic (exact) mass is 522 g/mol. The average molecular weight is 523 g/mol. The maximum absolute atomic E-state index is 12.4. The van der Waals surface area contributed by atoms with Crippen molar-refractivity contribution in [3.05, 3.63) is 86.9 Å². The Morgan fingerprint density at radius 3 is 2.53 bits per heavy atom. The molecule has 2 unspecified atom stereocenters. The lowest BCUT2D eigenvalue weighted by atomic mass is 9.94. The van der Waals surface area contributed by atoms with Crippen LogP contribution in [0.2, 0.25) is 0 Å². The molecule has 8 heteroatoms. The highest BCUT2D eigenvalue weighted by Gasteiger charge is 2.43. The van der Waals surface area contributed by atoms with Gasteiger partial charge < -0.3 is 19.3 Å². The third kappa shape index (κ3) is 3.68. The molecule has 0 spiro atoms. The zero-order chi connectivity index (χ0) is 24.0. The Morgan fingerprint density at radius 2 is 1.85 bits per heavy atom. The molecule has 0 saturated carbocycles. The first kappa shape index (κ1) is 22.3. The van der Waals surface area contributed by atoms with E-state index in [2.05, 4.69) is 40.2 Å². The number of carbonyl (C=O) groups is 1. The van der Waals surface area contributed by atoms with Crippen molar-refractivity contribution in [1.29, 1.82) is 0 Å². The van der Waals surface area contributed by atoms with Crippen molar-refractivity contribution in [3.63, 3.8) is 0 Å². The van der Waals surface area contributed by atoms with Crippen LogP contribution in [0.1, 0.15) is 51.3 Å². The number of hydrogen-bond donors (Lipinski definition) is 1. The number of fused-ring (bicyclic) bond motifs is 3. The molecule has 0 radical (unpaired) electrons. The van der Waals surface area contributed by atoms with Crippen molar-refractivity contribution in [2.45, 2.75) is 25.6 Å². The van der Waals surface area contributed by atoms with Crippen molar-refractivity contribution < 1.29 is 24.1 Å². The number of halogens is 1. The molecule has 5 rings (SSSR count). The number of benzene rings is 3. The first-order chi connectivity index (χ1) is 16.4. The van der Waals surface area contributed by atoms with Gasteiger partial charge in [-0.1, -0.05) is 45.8 Å². The Labute approximate surface area is 205 Å². The van der Waals surface area contributed by atoms with Crippen LogP contribution in [0.3, 0.4) is 0 Å². The second-order valence-electron chi connectivity index (χ2n) is 8.24. The van der Waals surface area contributed by atoms with Crippen LogP contribution in [-0.4, -0.2) is 36.0 Å². The summed E-state index contributed by atoms with van der Waals surface area (Å²) in [5.74, 6) is 0.0529. The average Bonchev–Trinajstić information content (AvgIpc) is 3.29. The van der Waals surface area contributed by atoms with Gasteiger partial charge >= 0.3 is 5.97 Å². The van der Waals surface area contributed by atoms with Crippen LogP contribution in [0.4, 0.5) is 0 Å². The van der Waals surface area contributed by atoms with Crippen LogP contribution in [0.25, 0.3) is 0 Å². The predicted octanol–water partition coefficient (Wildman–Crippen LogP) is 5.72. The molecule has 0 aromatic heterocycles. The molecule has 1 N–H and O–H groups in total. The topological polar surface area (TPSA) is 80.6 Å². The first-order valence-corrected chi connectivity index (χ1v) is 11.6. The second-order valence-corrected chi connectivity index (χ2v) is 9.15. The number of carboxylic acids is 1. The summed E-state index contributed by atoms with van der Waals surface area (Å²) < 4.78 is 18.1. The van der Waals surface area contributed by atoms with Gasteiger partial charge in [-0.3, -0.25) is 0 Å². The number of aromatic carboxylic acids is 1. The molecule has 0 aliphatic carbocycles. The third-order valence-electron chi connectivity index (χ3n) is 6.19. The van der Waals surface area contributed by atoms with Crippen molar-refractivity contribution >= 4 is 27.6 Å². The number of hydrazone groups is 1. The molecule has 7 nitrogen and oxygen atoms in total. The maximum atomic E-state index is 12.4. The predicted molar refractivity (Wildman–Crippen MR) is 131 cm³/mol. The fourth-order valence-electron chi connectivity index (χ4n) is 4.55. The van der Waals surface area contributed by atoms with E-state index in [0.29, 0.717) is 23.5 Å². The second kappa shape index (κ2) is 8.68. The van der Waals surface area contributed by atoms with Crippen LogP contribution in [0, 0.1) is 6.92 Å². The quantitative estimate of drug-likeness (QED) is 0.461. The molecule has 0 bridgehead atoms. The molecule has 3 aromatic carbocycles. The molecular weight excluding hydrogens is 500 g/mol.